The molecular weight excluding hydrogens is 425 g/mol. The van der Waals surface area contributed by atoms with Gasteiger partial charge in [-0.25, -0.2) is 14.4 Å². The number of anilines is 3. The smallest absolute Gasteiger partial charge is 0.258 e. The van der Waals surface area contributed by atoms with Crippen LogP contribution in [-0.4, -0.2) is 35.4 Å². The third-order valence-electron chi connectivity index (χ3n) is 4.11. The zero-order valence-electron chi connectivity index (χ0n) is 16.5. The molecule has 3 aromatic rings. The van der Waals surface area contributed by atoms with E-state index in [0.29, 0.717) is 23.9 Å². The number of benzene rings is 2. The van der Waals surface area contributed by atoms with Gasteiger partial charge in [-0.1, -0.05) is 11.6 Å². The summed E-state index contributed by atoms with van der Waals surface area (Å²) in [6, 6.07) is 10.2. The van der Waals surface area contributed by atoms with Gasteiger partial charge in [0.05, 0.1) is 18.4 Å². The lowest BCUT2D eigenvalue weighted by molar-refractivity contribution is -0.115. The van der Waals surface area contributed by atoms with Gasteiger partial charge in [0, 0.05) is 36.1 Å². The molecule has 0 aliphatic heterocycles. The Labute approximate surface area is 182 Å². The van der Waals surface area contributed by atoms with Crippen LogP contribution < -0.4 is 20.7 Å². The lowest BCUT2D eigenvalue weighted by Crippen LogP contribution is -2.18. The molecular formula is C21H19ClFN5O3. The summed E-state index contributed by atoms with van der Waals surface area (Å²) in [7, 11) is 1.43. The zero-order valence-corrected chi connectivity index (χ0v) is 17.2. The second-order valence-electron chi connectivity index (χ2n) is 6.29. The zero-order chi connectivity index (χ0) is 22.2. The molecule has 8 nitrogen and oxygen atoms in total. The van der Waals surface area contributed by atoms with Crippen LogP contribution in [-0.2, 0) is 4.79 Å². The highest BCUT2D eigenvalue weighted by Crippen LogP contribution is 2.29. The van der Waals surface area contributed by atoms with E-state index < -0.39 is 11.7 Å². The molecule has 0 aliphatic carbocycles. The molecule has 160 valence electrons. The second-order valence-corrected chi connectivity index (χ2v) is 6.73. The Morgan fingerprint density at radius 3 is 2.58 bits per heavy atom. The number of carbonyl (C=O) groups excluding carboxylic acids is 2. The van der Waals surface area contributed by atoms with Crippen molar-refractivity contribution in [2.45, 2.75) is 6.42 Å². The highest BCUT2D eigenvalue weighted by Gasteiger charge is 2.15. The SMILES string of the molecule is COc1ccc(NC(=O)CCNc2ncccn2)cc1NC(=O)c1ccc(Cl)cc1F. The van der Waals surface area contributed by atoms with Gasteiger partial charge in [0.2, 0.25) is 11.9 Å². The van der Waals surface area contributed by atoms with Gasteiger partial charge < -0.3 is 20.7 Å². The maximum atomic E-state index is 14.0. The highest BCUT2D eigenvalue weighted by molar-refractivity contribution is 6.30. The predicted octanol–water partition coefficient (Wildman–Crippen LogP) is 3.97. The van der Waals surface area contributed by atoms with E-state index in [1.807, 2.05) is 0 Å². The van der Waals surface area contributed by atoms with Crippen molar-refractivity contribution >= 4 is 40.7 Å². The molecule has 3 rings (SSSR count). The Bertz CT molecular complexity index is 1080. The van der Waals surface area contributed by atoms with E-state index >= 15 is 0 Å². The molecule has 2 amide bonds. The molecule has 0 saturated heterocycles. The molecule has 0 bridgehead atoms. The van der Waals surface area contributed by atoms with Crippen LogP contribution in [0.1, 0.15) is 16.8 Å². The van der Waals surface area contributed by atoms with Crippen LogP contribution in [0.2, 0.25) is 5.02 Å². The quantitative estimate of drug-likeness (QED) is 0.486. The first-order chi connectivity index (χ1) is 15.0. The Balaban J connectivity index is 1.64. The average Bonchev–Trinajstić information content (AvgIpc) is 2.74. The number of nitrogens with zero attached hydrogens (tertiary/aromatic N) is 2. The molecule has 1 heterocycles. The fourth-order valence-electron chi connectivity index (χ4n) is 2.65. The number of hydrogen-bond acceptors (Lipinski definition) is 6. The third kappa shape index (κ3) is 6.13. The summed E-state index contributed by atoms with van der Waals surface area (Å²) in [5.41, 5.74) is 0.541. The average molecular weight is 444 g/mol. The number of rotatable bonds is 8. The number of amides is 2. The Kier molecular flexibility index (Phi) is 7.34. The number of methoxy groups -OCH3 is 1. The lowest BCUT2D eigenvalue weighted by Gasteiger charge is -2.13. The van der Waals surface area contributed by atoms with Gasteiger partial charge in [0.15, 0.2) is 0 Å². The maximum Gasteiger partial charge on any atom is 0.258 e. The molecule has 0 atom stereocenters. The van der Waals surface area contributed by atoms with Crippen molar-refractivity contribution in [3.05, 3.63) is 71.3 Å². The van der Waals surface area contributed by atoms with E-state index in [9.17, 15) is 14.0 Å². The van der Waals surface area contributed by atoms with E-state index in [0.717, 1.165) is 6.07 Å². The van der Waals surface area contributed by atoms with Crippen molar-refractivity contribution in [2.24, 2.45) is 0 Å². The summed E-state index contributed by atoms with van der Waals surface area (Å²) in [5, 5.41) is 8.45. The fourth-order valence-corrected chi connectivity index (χ4v) is 2.81. The van der Waals surface area contributed by atoms with Crippen molar-refractivity contribution in [3.63, 3.8) is 0 Å². The largest absolute Gasteiger partial charge is 0.495 e. The number of ether oxygens (including phenoxy) is 1. The molecule has 2 aromatic carbocycles. The predicted molar refractivity (Wildman–Crippen MR) is 116 cm³/mol. The van der Waals surface area contributed by atoms with Crippen LogP contribution in [0.4, 0.5) is 21.7 Å². The van der Waals surface area contributed by atoms with Crippen LogP contribution in [0.3, 0.4) is 0 Å². The van der Waals surface area contributed by atoms with Gasteiger partial charge in [0.25, 0.3) is 5.91 Å². The van der Waals surface area contributed by atoms with Gasteiger partial charge in [-0.2, -0.15) is 0 Å². The number of hydrogen-bond donors (Lipinski definition) is 3. The number of aromatic nitrogens is 2. The molecule has 31 heavy (non-hydrogen) atoms. The summed E-state index contributed by atoms with van der Waals surface area (Å²) in [6.07, 6.45) is 3.36. The third-order valence-corrected chi connectivity index (χ3v) is 4.34. The van der Waals surface area contributed by atoms with E-state index in [2.05, 4.69) is 25.9 Å². The van der Waals surface area contributed by atoms with E-state index in [-0.39, 0.29) is 28.6 Å². The van der Waals surface area contributed by atoms with E-state index in [1.54, 1.807) is 30.6 Å². The Hall–Kier alpha value is -3.72. The first-order valence-electron chi connectivity index (χ1n) is 9.21. The molecule has 10 heteroatoms. The summed E-state index contributed by atoms with van der Waals surface area (Å²) in [6.45, 7) is 0.339. The first-order valence-corrected chi connectivity index (χ1v) is 9.59. The summed E-state index contributed by atoms with van der Waals surface area (Å²) < 4.78 is 19.3. The molecule has 0 fully saturated rings. The molecule has 0 unspecified atom stereocenters. The number of carbonyl (C=O) groups is 2. The van der Waals surface area contributed by atoms with Crippen LogP contribution in [0.5, 0.6) is 5.75 Å². The molecule has 0 radical (unpaired) electrons. The van der Waals surface area contributed by atoms with E-state index in [1.165, 1.54) is 25.3 Å². The lowest BCUT2D eigenvalue weighted by atomic mass is 10.2. The van der Waals surface area contributed by atoms with Gasteiger partial charge in [0.1, 0.15) is 11.6 Å². The van der Waals surface area contributed by atoms with Gasteiger partial charge in [-0.15, -0.1) is 0 Å². The topological polar surface area (TPSA) is 105 Å². The van der Waals surface area contributed by atoms with Crippen molar-refractivity contribution in [2.75, 3.05) is 29.6 Å². The highest BCUT2D eigenvalue weighted by atomic mass is 35.5. The number of nitrogens with one attached hydrogen (secondary N) is 3. The van der Waals surface area contributed by atoms with Gasteiger partial charge in [-0.05, 0) is 42.5 Å². The van der Waals surface area contributed by atoms with Crippen molar-refractivity contribution < 1.29 is 18.7 Å². The van der Waals surface area contributed by atoms with Crippen LogP contribution >= 0.6 is 11.6 Å². The summed E-state index contributed by atoms with van der Waals surface area (Å²) in [5.74, 6) is -0.899. The maximum absolute atomic E-state index is 14.0. The van der Waals surface area contributed by atoms with Crippen LogP contribution in [0.25, 0.3) is 0 Å². The van der Waals surface area contributed by atoms with Crippen LogP contribution in [0.15, 0.2) is 54.9 Å². The standard InChI is InChI=1S/C21H19ClFN5O3/c1-31-18-6-4-14(27-19(29)7-10-26-21-24-8-2-9-25-21)12-17(18)28-20(30)15-5-3-13(22)11-16(15)23/h2-6,8-9,11-12H,7,10H2,1H3,(H,27,29)(H,28,30)(H,24,25,26). The molecule has 1 aromatic heterocycles. The Morgan fingerprint density at radius 1 is 1.10 bits per heavy atom. The minimum atomic E-state index is -0.747. The molecule has 0 saturated carbocycles. The number of halogens is 2. The second kappa shape index (κ2) is 10.4. The minimum absolute atomic E-state index is 0.169. The molecule has 0 spiro atoms. The van der Waals surface area contributed by atoms with Gasteiger partial charge >= 0.3 is 0 Å². The molecule has 3 N–H and O–H groups in total. The molecule has 0 aliphatic rings. The monoisotopic (exact) mass is 443 g/mol. The van der Waals surface area contributed by atoms with Crippen molar-refractivity contribution in [3.8, 4) is 5.75 Å². The fraction of sp³-hybridized carbons (Fsp3) is 0.143. The Morgan fingerprint density at radius 2 is 1.87 bits per heavy atom. The minimum Gasteiger partial charge on any atom is -0.495 e. The van der Waals surface area contributed by atoms with Crippen LogP contribution in [0, 0.1) is 5.82 Å². The van der Waals surface area contributed by atoms with E-state index in [4.69, 9.17) is 16.3 Å². The van der Waals surface area contributed by atoms with Crippen molar-refractivity contribution in [1.29, 1.82) is 0 Å². The summed E-state index contributed by atoms with van der Waals surface area (Å²) >= 11 is 5.73. The first kappa shape index (κ1) is 22.0. The normalized spacial score (nSPS) is 10.3. The van der Waals surface area contributed by atoms with Crippen molar-refractivity contribution in [1.82, 2.24) is 9.97 Å². The summed E-state index contributed by atoms with van der Waals surface area (Å²) in [4.78, 5) is 32.7. The van der Waals surface area contributed by atoms with Gasteiger partial charge in [-0.3, -0.25) is 9.59 Å².